The molecular weight excluding hydrogens is 292 g/mol. The summed E-state index contributed by atoms with van der Waals surface area (Å²) < 4.78 is 6.98. The van der Waals surface area contributed by atoms with Crippen LogP contribution in [0.15, 0.2) is 16.6 Å². The van der Waals surface area contributed by atoms with Crippen molar-refractivity contribution in [3.63, 3.8) is 0 Å². The molecule has 0 amide bonds. The summed E-state index contributed by atoms with van der Waals surface area (Å²) in [6.07, 6.45) is 5.14. The third kappa shape index (κ3) is 2.89. The standard InChI is InChI=1S/C15H19BrO2/c1-10-6-12(8-15(17)4-5-15)14(13(16)7-10)18-9-11-2-3-11/h6-7,11,17H,2-5,8-9H2,1H3. The van der Waals surface area contributed by atoms with E-state index in [9.17, 15) is 5.11 Å². The number of rotatable bonds is 5. The molecule has 0 saturated heterocycles. The third-order valence-corrected chi connectivity index (χ3v) is 4.36. The first-order chi connectivity index (χ1) is 8.56. The van der Waals surface area contributed by atoms with Crippen LogP contribution in [0.2, 0.25) is 0 Å². The van der Waals surface area contributed by atoms with Crippen LogP contribution in [0.1, 0.15) is 36.8 Å². The van der Waals surface area contributed by atoms with E-state index >= 15 is 0 Å². The highest BCUT2D eigenvalue weighted by molar-refractivity contribution is 9.10. The fraction of sp³-hybridized carbons (Fsp3) is 0.600. The number of ether oxygens (including phenoxy) is 1. The van der Waals surface area contributed by atoms with Gasteiger partial charge in [-0.1, -0.05) is 6.07 Å². The lowest BCUT2D eigenvalue weighted by Gasteiger charge is -2.16. The first kappa shape index (κ1) is 12.5. The van der Waals surface area contributed by atoms with Crippen LogP contribution in [-0.4, -0.2) is 17.3 Å². The minimum Gasteiger partial charge on any atom is -0.492 e. The average molecular weight is 311 g/mol. The molecule has 98 valence electrons. The SMILES string of the molecule is Cc1cc(Br)c(OCC2CC2)c(CC2(O)CC2)c1. The highest BCUT2D eigenvalue weighted by atomic mass is 79.9. The summed E-state index contributed by atoms with van der Waals surface area (Å²) in [4.78, 5) is 0. The number of hydrogen-bond donors (Lipinski definition) is 1. The Labute approximate surface area is 116 Å². The number of halogens is 1. The average Bonchev–Trinajstić information content (AvgIpc) is 3.16. The van der Waals surface area contributed by atoms with Crippen molar-refractivity contribution in [3.8, 4) is 5.75 Å². The molecule has 3 heteroatoms. The van der Waals surface area contributed by atoms with E-state index in [0.717, 1.165) is 41.2 Å². The van der Waals surface area contributed by atoms with Gasteiger partial charge in [-0.3, -0.25) is 0 Å². The van der Waals surface area contributed by atoms with Crippen LogP contribution in [0.5, 0.6) is 5.75 Å². The van der Waals surface area contributed by atoms with Gasteiger partial charge in [-0.05, 0) is 71.6 Å². The molecule has 2 aliphatic rings. The maximum absolute atomic E-state index is 10.1. The van der Waals surface area contributed by atoms with E-state index in [1.807, 2.05) is 0 Å². The molecule has 3 rings (SSSR count). The summed E-state index contributed by atoms with van der Waals surface area (Å²) in [7, 11) is 0. The predicted molar refractivity (Wildman–Crippen MR) is 75.0 cm³/mol. The van der Waals surface area contributed by atoms with Crippen LogP contribution in [0.4, 0.5) is 0 Å². The first-order valence-corrected chi connectivity index (χ1v) is 7.49. The summed E-state index contributed by atoms with van der Waals surface area (Å²) in [5, 5.41) is 10.1. The van der Waals surface area contributed by atoms with Gasteiger partial charge in [0.2, 0.25) is 0 Å². The molecule has 0 bridgehead atoms. The number of benzene rings is 1. The lowest BCUT2D eigenvalue weighted by molar-refractivity contribution is 0.149. The molecule has 1 aromatic carbocycles. The fourth-order valence-electron chi connectivity index (χ4n) is 2.26. The van der Waals surface area contributed by atoms with Crippen molar-refractivity contribution in [1.29, 1.82) is 0 Å². The number of aryl methyl sites for hydroxylation is 1. The fourth-order valence-corrected chi connectivity index (χ4v) is 2.99. The van der Waals surface area contributed by atoms with Crippen LogP contribution in [0, 0.1) is 12.8 Å². The Morgan fingerprint density at radius 2 is 2.11 bits per heavy atom. The maximum atomic E-state index is 10.1. The van der Waals surface area contributed by atoms with Gasteiger partial charge in [0.15, 0.2) is 0 Å². The monoisotopic (exact) mass is 310 g/mol. The molecule has 2 aliphatic carbocycles. The highest BCUT2D eigenvalue weighted by Gasteiger charge is 2.41. The Bertz CT molecular complexity index is 462. The molecule has 0 spiro atoms. The lowest BCUT2D eigenvalue weighted by atomic mass is 10.0. The zero-order valence-corrected chi connectivity index (χ0v) is 12.3. The minimum absolute atomic E-state index is 0.467. The van der Waals surface area contributed by atoms with Crippen molar-refractivity contribution < 1.29 is 9.84 Å². The Morgan fingerprint density at radius 1 is 1.39 bits per heavy atom. The zero-order valence-electron chi connectivity index (χ0n) is 10.7. The van der Waals surface area contributed by atoms with E-state index < -0.39 is 5.60 Å². The minimum atomic E-state index is -0.467. The summed E-state index contributed by atoms with van der Waals surface area (Å²) in [6.45, 7) is 2.89. The summed E-state index contributed by atoms with van der Waals surface area (Å²) in [5.41, 5.74) is 1.88. The van der Waals surface area contributed by atoms with Crippen LogP contribution < -0.4 is 4.74 Å². The summed E-state index contributed by atoms with van der Waals surface area (Å²) in [5.74, 6) is 1.68. The van der Waals surface area contributed by atoms with E-state index in [4.69, 9.17) is 4.74 Å². The molecule has 0 radical (unpaired) electrons. The van der Waals surface area contributed by atoms with Crippen LogP contribution in [0.3, 0.4) is 0 Å². The van der Waals surface area contributed by atoms with Crippen molar-refractivity contribution in [3.05, 3.63) is 27.7 Å². The van der Waals surface area contributed by atoms with Gasteiger partial charge in [0.05, 0.1) is 16.7 Å². The first-order valence-electron chi connectivity index (χ1n) is 6.70. The molecule has 1 aromatic rings. The molecular formula is C15H19BrO2. The quantitative estimate of drug-likeness (QED) is 0.900. The molecule has 0 aromatic heterocycles. The second-order valence-electron chi connectivity index (χ2n) is 5.89. The Morgan fingerprint density at radius 3 is 2.72 bits per heavy atom. The Hall–Kier alpha value is -0.540. The van der Waals surface area contributed by atoms with Gasteiger partial charge in [0.1, 0.15) is 5.75 Å². The van der Waals surface area contributed by atoms with Gasteiger partial charge in [0, 0.05) is 6.42 Å². The lowest BCUT2D eigenvalue weighted by Crippen LogP contribution is -2.13. The van der Waals surface area contributed by atoms with Crippen molar-refractivity contribution in [2.75, 3.05) is 6.61 Å². The normalized spacial score (nSPS) is 20.8. The molecule has 0 heterocycles. The molecule has 2 saturated carbocycles. The van der Waals surface area contributed by atoms with Gasteiger partial charge in [-0.2, -0.15) is 0 Å². The van der Waals surface area contributed by atoms with Crippen molar-refractivity contribution in [1.82, 2.24) is 0 Å². The molecule has 1 N–H and O–H groups in total. The van der Waals surface area contributed by atoms with E-state index in [-0.39, 0.29) is 0 Å². The van der Waals surface area contributed by atoms with Crippen LogP contribution >= 0.6 is 15.9 Å². The van der Waals surface area contributed by atoms with Crippen LogP contribution in [0.25, 0.3) is 0 Å². The molecule has 18 heavy (non-hydrogen) atoms. The van der Waals surface area contributed by atoms with Gasteiger partial charge in [-0.15, -0.1) is 0 Å². The van der Waals surface area contributed by atoms with Gasteiger partial charge >= 0.3 is 0 Å². The Balaban J connectivity index is 1.82. The summed E-state index contributed by atoms with van der Waals surface area (Å²) in [6, 6.07) is 4.23. The topological polar surface area (TPSA) is 29.5 Å². The predicted octanol–water partition coefficient (Wildman–Crippen LogP) is 3.61. The third-order valence-electron chi connectivity index (χ3n) is 3.77. The Kier molecular flexibility index (Phi) is 3.15. The molecule has 0 aliphatic heterocycles. The van der Waals surface area contributed by atoms with Crippen molar-refractivity contribution in [2.24, 2.45) is 5.92 Å². The maximum Gasteiger partial charge on any atom is 0.136 e. The zero-order chi connectivity index (χ0) is 12.8. The van der Waals surface area contributed by atoms with Crippen molar-refractivity contribution in [2.45, 2.75) is 44.6 Å². The second kappa shape index (κ2) is 4.53. The highest BCUT2D eigenvalue weighted by Crippen LogP contribution is 2.42. The summed E-state index contributed by atoms with van der Waals surface area (Å²) >= 11 is 3.59. The van der Waals surface area contributed by atoms with Gasteiger partial charge in [-0.25, -0.2) is 0 Å². The molecule has 0 atom stereocenters. The molecule has 0 unspecified atom stereocenters. The number of hydrogen-bond acceptors (Lipinski definition) is 2. The van der Waals surface area contributed by atoms with Gasteiger partial charge in [0.25, 0.3) is 0 Å². The van der Waals surface area contributed by atoms with Crippen molar-refractivity contribution >= 4 is 15.9 Å². The van der Waals surface area contributed by atoms with E-state index in [2.05, 4.69) is 35.0 Å². The van der Waals surface area contributed by atoms with Crippen LogP contribution in [-0.2, 0) is 6.42 Å². The second-order valence-corrected chi connectivity index (χ2v) is 6.74. The molecule has 2 fully saturated rings. The van der Waals surface area contributed by atoms with Gasteiger partial charge < -0.3 is 9.84 Å². The smallest absolute Gasteiger partial charge is 0.136 e. The molecule has 2 nitrogen and oxygen atoms in total. The van der Waals surface area contributed by atoms with E-state index in [0.29, 0.717) is 6.42 Å². The largest absolute Gasteiger partial charge is 0.492 e. The van der Waals surface area contributed by atoms with E-state index in [1.165, 1.54) is 18.4 Å². The number of aliphatic hydroxyl groups is 1. The van der Waals surface area contributed by atoms with E-state index in [1.54, 1.807) is 0 Å².